The molecule has 0 amide bonds. The Kier molecular flexibility index (Phi) is 3.16. The molecule has 84 valence electrons. The van der Waals surface area contributed by atoms with Crippen LogP contribution in [0.5, 0.6) is 5.75 Å². The number of methoxy groups -OCH3 is 1. The van der Waals surface area contributed by atoms with Gasteiger partial charge in [-0.3, -0.25) is 0 Å². The maximum atomic E-state index is 5.47. The molecule has 1 aromatic heterocycles. The van der Waals surface area contributed by atoms with Crippen molar-refractivity contribution >= 4 is 0 Å². The quantitative estimate of drug-likeness (QED) is 0.843. The number of aromatic nitrogens is 2. The van der Waals surface area contributed by atoms with Gasteiger partial charge in [-0.1, -0.05) is 6.07 Å². The monoisotopic (exact) mass is 219 g/mol. The molecule has 0 aliphatic heterocycles. The van der Waals surface area contributed by atoms with Gasteiger partial charge in [-0.25, -0.2) is 0 Å². The van der Waals surface area contributed by atoms with E-state index in [2.05, 4.69) is 15.5 Å². The predicted octanol–water partition coefficient (Wildman–Crippen LogP) is 1.46. The van der Waals surface area contributed by atoms with E-state index in [1.165, 1.54) is 0 Å². The molecule has 0 saturated carbocycles. The Morgan fingerprint density at radius 3 is 3.00 bits per heavy atom. The standard InChI is InChI=1S/C11H13N3O2/c1-12-7-10-13-14-11(16-10)8-4-3-5-9(6-8)15-2/h3-6,12H,7H2,1-2H3. The molecule has 0 atom stereocenters. The van der Waals surface area contributed by atoms with Crippen LogP contribution in [0.2, 0.25) is 0 Å². The van der Waals surface area contributed by atoms with Crippen molar-refractivity contribution in [3.8, 4) is 17.2 Å². The molecule has 1 aromatic carbocycles. The van der Waals surface area contributed by atoms with Crippen LogP contribution < -0.4 is 10.1 Å². The van der Waals surface area contributed by atoms with Gasteiger partial charge in [-0.05, 0) is 25.2 Å². The van der Waals surface area contributed by atoms with Gasteiger partial charge in [0.25, 0.3) is 0 Å². The summed E-state index contributed by atoms with van der Waals surface area (Å²) in [5.74, 6) is 1.84. The third-order valence-corrected chi connectivity index (χ3v) is 2.11. The second-order valence-corrected chi connectivity index (χ2v) is 3.26. The first-order valence-electron chi connectivity index (χ1n) is 4.95. The summed E-state index contributed by atoms with van der Waals surface area (Å²) in [7, 11) is 3.45. The molecule has 0 saturated heterocycles. The normalized spacial score (nSPS) is 10.4. The van der Waals surface area contributed by atoms with Gasteiger partial charge in [0, 0.05) is 5.56 Å². The van der Waals surface area contributed by atoms with Gasteiger partial charge in [-0.15, -0.1) is 10.2 Å². The number of rotatable bonds is 4. The lowest BCUT2D eigenvalue weighted by atomic mass is 10.2. The number of hydrogen-bond donors (Lipinski definition) is 1. The van der Waals surface area contributed by atoms with Crippen molar-refractivity contribution in [2.45, 2.75) is 6.54 Å². The number of nitrogens with zero attached hydrogens (tertiary/aromatic N) is 2. The molecule has 16 heavy (non-hydrogen) atoms. The molecule has 0 aliphatic carbocycles. The van der Waals surface area contributed by atoms with Crippen molar-refractivity contribution < 1.29 is 9.15 Å². The Bertz CT molecular complexity index is 468. The first kappa shape index (κ1) is 10.6. The summed E-state index contributed by atoms with van der Waals surface area (Å²) in [5.41, 5.74) is 0.856. The molecule has 0 bridgehead atoms. The van der Waals surface area contributed by atoms with E-state index in [1.54, 1.807) is 7.11 Å². The highest BCUT2D eigenvalue weighted by Crippen LogP contribution is 2.22. The Balaban J connectivity index is 2.27. The average Bonchev–Trinajstić information content (AvgIpc) is 2.78. The third-order valence-electron chi connectivity index (χ3n) is 2.11. The number of nitrogens with one attached hydrogen (secondary N) is 1. The van der Waals surface area contributed by atoms with Crippen LogP contribution in [0.4, 0.5) is 0 Å². The molecule has 5 nitrogen and oxygen atoms in total. The van der Waals surface area contributed by atoms with E-state index in [-0.39, 0.29) is 0 Å². The number of benzene rings is 1. The van der Waals surface area contributed by atoms with Gasteiger partial charge in [0.2, 0.25) is 11.8 Å². The van der Waals surface area contributed by atoms with Crippen molar-refractivity contribution in [2.24, 2.45) is 0 Å². The highest BCUT2D eigenvalue weighted by Gasteiger charge is 2.08. The number of ether oxygens (including phenoxy) is 1. The fourth-order valence-electron chi connectivity index (χ4n) is 1.35. The molecule has 2 aromatic rings. The average molecular weight is 219 g/mol. The van der Waals surface area contributed by atoms with Crippen LogP contribution in [-0.4, -0.2) is 24.4 Å². The Morgan fingerprint density at radius 2 is 2.25 bits per heavy atom. The van der Waals surface area contributed by atoms with E-state index in [0.717, 1.165) is 11.3 Å². The smallest absolute Gasteiger partial charge is 0.247 e. The minimum atomic E-state index is 0.504. The Morgan fingerprint density at radius 1 is 1.38 bits per heavy atom. The molecule has 2 rings (SSSR count). The Labute approximate surface area is 93.4 Å². The van der Waals surface area contributed by atoms with E-state index in [1.807, 2.05) is 31.3 Å². The number of hydrogen-bond acceptors (Lipinski definition) is 5. The molecule has 0 aliphatic rings. The summed E-state index contributed by atoms with van der Waals surface area (Å²) in [6, 6.07) is 7.51. The van der Waals surface area contributed by atoms with E-state index < -0.39 is 0 Å². The molecule has 0 spiro atoms. The maximum absolute atomic E-state index is 5.47. The molecular weight excluding hydrogens is 206 g/mol. The predicted molar refractivity (Wildman–Crippen MR) is 59.0 cm³/mol. The fraction of sp³-hybridized carbons (Fsp3) is 0.273. The topological polar surface area (TPSA) is 60.2 Å². The summed E-state index contributed by atoms with van der Waals surface area (Å²) >= 11 is 0. The summed E-state index contributed by atoms with van der Waals surface area (Å²) in [6.07, 6.45) is 0. The van der Waals surface area contributed by atoms with Crippen LogP contribution in [0.15, 0.2) is 28.7 Å². The van der Waals surface area contributed by atoms with Crippen molar-refractivity contribution in [3.05, 3.63) is 30.2 Å². The summed E-state index contributed by atoms with van der Waals surface area (Å²) in [6.45, 7) is 0.566. The second-order valence-electron chi connectivity index (χ2n) is 3.26. The van der Waals surface area contributed by atoms with Crippen molar-refractivity contribution in [2.75, 3.05) is 14.2 Å². The second kappa shape index (κ2) is 4.76. The van der Waals surface area contributed by atoms with Crippen LogP contribution in [0.1, 0.15) is 5.89 Å². The van der Waals surface area contributed by atoms with Crippen LogP contribution in [0, 0.1) is 0 Å². The highest BCUT2D eigenvalue weighted by molar-refractivity contribution is 5.55. The lowest BCUT2D eigenvalue weighted by Crippen LogP contribution is -2.04. The molecule has 1 heterocycles. The first-order valence-corrected chi connectivity index (χ1v) is 4.95. The lowest BCUT2D eigenvalue weighted by Gasteiger charge is -2.00. The minimum absolute atomic E-state index is 0.504. The lowest BCUT2D eigenvalue weighted by molar-refractivity contribution is 0.414. The van der Waals surface area contributed by atoms with Gasteiger partial charge in [-0.2, -0.15) is 0 Å². The SMILES string of the molecule is CNCc1nnc(-c2cccc(OC)c2)o1. The van der Waals surface area contributed by atoms with E-state index in [0.29, 0.717) is 18.3 Å². The van der Waals surface area contributed by atoms with Crippen molar-refractivity contribution in [1.29, 1.82) is 0 Å². The van der Waals surface area contributed by atoms with Crippen molar-refractivity contribution in [1.82, 2.24) is 15.5 Å². The van der Waals surface area contributed by atoms with Crippen LogP contribution in [0.3, 0.4) is 0 Å². The van der Waals surface area contributed by atoms with E-state index in [9.17, 15) is 0 Å². The molecule has 1 N–H and O–H groups in total. The van der Waals surface area contributed by atoms with Crippen molar-refractivity contribution in [3.63, 3.8) is 0 Å². The maximum Gasteiger partial charge on any atom is 0.247 e. The Hall–Kier alpha value is -1.88. The molecule has 0 fully saturated rings. The largest absolute Gasteiger partial charge is 0.497 e. The molecular formula is C11H13N3O2. The highest BCUT2D eigenvalue weighted by atomic mass is 16.5. The van der Waals surface area contributed by atoms with E-state index >= 15 is 0 Å². The zero-order valence-corrected chi connectivity index (χ0v) is 9.23. The molecule has 5 heteroatoms. The van der Waals surface area contributed by atoms with Gasteiger partial charge in [0.05, 0.1) is 13.7 Å². The molecule has 0 unspecified atom stereocenters. The fourth-order valence-corrected chi connectivity index (χ4v) is 1.35. The third kappa shape index (κ3) is 2.20. The summed E-state index contributed by atoms with van der Waals surface area (Å²) in [4.78, 5) is 0. The van der Waals surface area contributed by atoms with Crippen LogP contribution in [-0.2, 0) is 6.54 Å². The van der Waals surface area contributed by atoms with Gasteiger partial charge < -0.3 is 14.5 Å². The molecule has 0 radical (unpaired) electrons. The zero-order chi connectivity index (χ0) is 11.4. The first-order chi connectivity index (χ1) is 7.83. The van der Waals surface area contributed by atoms with Gasteiger partial charge in [0.15, 0.2) is 0 Å². The summed E-state index contributed by atoms with van der Waals surface area (Å²) in [5, 5.41) is 10.8. The zero-order valence-electron chi connectivity index (χ0n) is 9.23. The minimum Gasteiger partial charge on any atom is -0.497 e. The van der Waals surface area contributed by atoms with Gasteiger partial charge >= 0.3 is 0 Å². The van der Waals surface area contributed by atoms with Crippen LogP contribution in [0.25, 0.3) is 11.5 Å². The van der Waals surface area contributed by atoms with Crippen LogP contribution >= 0.6 is 0 Å². The van der Waals surface area contributed by atoms with Gasteiger partial charge in [0.1, 0.15) is 5.75 Å². The summed E-state index contributed by atoms with van der Waals surface area (Å²) < 4.78 is 10.6. The van der Waals surface area contributed by atoms with E-state index in [4.69, 9.17) is 9.15 Å².